The maximum atomic E-state index is 12.4. The van der Waals surface area contributed by atoms with Gasteiger partial charge in [0.2, 0.25) is 0 Å². The van der Waals surface area contributed by atoms with Gasteiger partial charge in [0.15, 0.2) is 0 Å². The molecule has 0 radical (unpaired) electrons. The highest BCUT2D eigenvalue weighted by atomic mass is 16.4. The second kappa shape index (κ2) is 4.70. The van der Waals surface area contributed by atoms with Crippen molar-refractivity contribution in [1.82, 2.24) is 4.57 Å². The lowest BCUT2D eigenvalue weighted by molar-refractivity contribution is 0.569. The second-order valence-corrected chi connectivity index (χ2v) is 4.99. The third-order valence-corrected chi connectivity index (χ3v) is 3.67. The summed E-state index contributed by atoms with van der Waals surface area (Å²) >= 11 is 0. The molecule has 0 unspecified atom stereocenters. The van der Waals surface area contributed by atoms with Gasteiger partial charge in [0.05, 0.1) is 10.9 Å². The molecule has 0 saturated heterocycles. The number of hydrogen-bond acceptors (Lipinski definition) is 3. The quantitative estimate of drug-likeness (QED) is 0.399. The summed E-state index contributed by atoms with van der Waals surface area (Å²) in [6.07, 6.45) is 0. The summed E-state index contributed by atoms with van der Waals surface area (Å²) in [5.74, 6) is 0. The predicted molar refractivity (Wildman–Crippen MR) is 85.6 cm³/mol. The predicted octanol–water partition coefficient (Wildman–Crippen LogP) is 3.10. The first kappa shape index (κ1) is 12.6. The summed E-state index contributed by atoms with van der Waals surface area (Å²) in [4.78, 5) is 24.6. The van der Waals surface area contributed by atoms with Gasteiger partial charge in [-0.3, -0.25) is 9.36 Å². The van der Waals surface area contributed by atoms with E-state index in [1.54, 1.807) is 16.7 Å². The molecule has 0 atom stereocenters. The molecular formula is C18H11NO3. The zero-order valence-corrected chi connectivity index (χ0v) is 11.5. The van der Waals surface area contributed by atoms with E-state index in [0.29, 0.717) is 22.2 Å². The summed E-state index contributed by atoms with van der Waals surface area (Å²) in [5.41, 5.74) is 1.13. The molecule has 2 heterocycles. The number of nitrogens with zero attached hydrogens (tertiary/aromatic N) is 1. The summed E-state index contributed by atoms with van der Waals surface area (Å²) in [5, 5.41) is 1.13. The minimum Gasteiger partial charge on any atom is -0.422 e. The normalized spacial score (nSPS) is 11.1. The van der Waals surface area contributed by atoms with Gasteiger partial charge in [0, 0.05) is 17.1 Å². The van der Waals surface area contributed by atoms with Crippen molar-refractivity contribution in [2.75, 3.05) is 0 Å². The van der Waals surface area contributed by atoms with Crippen molar-refractivity contribution in [2.24, 2.45) is 0 Å². The number of para-hydroxylation sites is 2. The first-order valence-electron chi connectivity index (χ1n) is 6.89. The zero-order valence-electron chi connectivity index (χ0n) is 11.5. The monoisotopic (exact) mass is 289 g/mol. The van der Waals surface area contributed by atoms with E-state index in [-0.39, 0.29) is 5.56 Å². The molecule has 4 aromatic rings. The van der Waals surface area contributed by atoms with E-state index in [1.807, 2.05) is 42.5 Å². The molecule has 22 heavy (non-hydrogen) atoms. The molecule has 106 valence electrons. The van der Waals surface area contributed by atoms with Gasteiger partial charge in [-0.05, 0) is 30.3 Å². The van der Waals surface area contributed by atoms with E-state index in [1.165, 1.54) is 12.1 Å². The Morgan fingerprint density at radius 3 is 2.27 bits per heavy atom. The van der Waals surface area contributed by atoms with Crippen molar-refractivity contribution in [1.29, 1.82) is 0 Å². The van der Waals surface area contributed by atoms with Gasteiger partial charge in [-0.25, -0.2) is 4.79 Å². The number of pyridine rings is 1. The second-order valence-electron chi connectivity index (χ2n) is 4.99. The van der Waals surface area contributed by atoms with E-state index < -0.39 is 5.63 Å². The summed E-state index contributed by atoms with van der Waals surface area (Å²) < 4.78 is 6.88. The van der Waals surface area contributed by atoms with Crippen LogP contribution in [-0.4, -0.2) is 4.57 Å². The molecular weight excluding hydrogens is 278 g/mol. The molecule has 0 spiro atoms. The molecule has 2 aromatic carbocycles. The Bertz CT molecular complexity index is 1110. The van der Waals surface area contributed by atoms with Crippen LogP contribution in [0.4, 0.5) is 0 Å². The smallest absolute Gasteiger partial charge is 0.345 e. The number of aromatic nitrogens is 1. The fraction of sp³-hybridized carbons (Fsp3) is 0. The molecule has 0 aliphatic carbocycles. The average Bonchev–Trinajstić information content (AvgIpc) is 2.55. The van der Waals surface area contributed by atoms with E-state index in [9.17, 15) is 9.59 Å². The fourth-order valence-electron chi connectivity index (χ4n) is 2.71. The standard InChI is InChI=1S/C18H11NO3/c20-16-11-10-14-17(19(16)12-6-2-1-3-7-12)13-8-4-5-9-15(13)22-18(14)21/h1-11H. The van der Waals surface area contributed by atoms with Gasteiger partial charge >= 0.3 is 5.63 Å². The molecule has 4 rings (SSSR count). The lowest BCUT2D eigenvalue weighted by Crippen LogP contribution is -2.19. The fourth-order valence-corrected chi connectivity index (χ4v) is 2.71. The number of hydrogen-bond donors (Lipinski definition) is 0. The van der Waals surface area contributed by atoms with Crippen LogP contribution in [0.3, 0.4) is 0 Å². The van der Waals surface area contributed by atoms with Crippen LogP contribution in [0.2, 0.25) is 0 Å². The van der Waals surface area contributed by atoms with Crippen LogP contribution in [0.25, 0.3) is 27.6 Å². The van der Waals surface area contributed by atoms with Crippen molar-refractivity contribution in [2.45, 2.75) is 0 Å². The van der Waals surface area contributed by atoms with E-state index in [4.69, 9.17) is 4.42 Å². The topological polar surface area (TPSA) is 52.2 Å². The molecule has 4 heteroatoms. The number of fused-ring (bicyclic) bond motifs is 3. The minimum atomic E-state index is -0.446. The van der Waals surface area contributed by atoms with Crippen LogP contribution in [0, 0.1) is 0 Å². The SMILES string of the molecule is O=c1oc2ccccc2c2c1ccc(=O)n2-c1ccccc1. The van der Waals surface area contributed by atoms with E-state index in [0.717, 1.165) is 5.39 Å². The highest BCUT2D eigenvalue weighted by molar-refractivity contribution is 6.02. The van der Waals surface area contributed by atoms with Gasteiger partial charge in [-0.2, -0.15) is 0 Å². The summed E-state index contributed by atoms with van der Waals surface area (Å²) in [6, 6.07) is 19.4. The first-order valence-corrected chi connectivity index (χ1v) is 6.89. The first-order chi connectivity index (χ1) is 10.8. The average molecular weight is 289 g/mol. The Balaban J connectivity index is 2.32. The van der Waals surface area contributed by atoms with Gasteiger partial charge in [0.25, 0.3) is 5.56 Å². The third kappa shape index (κ3) is 1.78. The molecule has 0 fully saturated rings. The van der Waals surface area contributed by atoms with Crippen molar-refractivity contribution in [3.05, 3.63) is 87.5 Å². The van der Waals surface area contributed by atoms with Crippen molar-refractivity contribution in [3.63, 3.8) is 0 Å². The maximum absolute atomic E-state index is 12.4. The Kier molecular flexibility index (Phi) is 2.69. The Morgan fingerprint density at radius 1 is 0.727 bits per heavy atom. The van der Waals surface area contributed by atoms with E-state index in [2.05, 4.69) is 0 Å². The largest absolute Gasteiger partial charge is 0.422 e. The van der Waals surface area contributed by atoms with E-state index >= 15 is 0 Å². The van der Waals surface area contributed by atoms with Gasteiger partial charge in [-0.1, -0.05) is 30.3 Å². The van der Waals surface area contributed by atoms with Crippen LogP contribution in [0.15, 0.2) is 80.7 Å². The summed E-state index contributed by atoms with van der Waals surface area (Å²) in [6.45, 7) is 0. The summed E-state index contributed by atoms with van der Waals surface area (Å²) in [7, 11) is 0. The Labute approximate surface area is 124 Å². The van der Waals surface area contributed by atoms with Crippen LogP contribution in [0.1, 0.15) is 0 Å². The lowest BCUT2D eigenvalue weighted by Gasteiger charge is -2.11. The van der Waals surface area contributed by atoms with Crippen molar-refractivity contribution >= 4 is 21.9 Å². The molecule has 0 amide bonds. The van der Waals surface area contributed by atoms with Crippen molar-refractivity contribution in [3.8, 4) is 5.69 Å². The lowest BCUT2D eigenvalue weighted by atomic mass is 10.1. The Morgan fingerprint density at radius 2 is 1.45 bits per heavy atom. The maximum Gasteiger partial charge on any atom is 0.345 e. The third-order valence-electron chi connectivity index (χ3n) is 3.67. The van der Waals surface area contributed by atoms with Crippen LogP contribution in [-0.2, 0) is 0 Å². The van der Waals surface area contributed by atoms with Crippen LogP contribution >= 0.6 is 0 Å². The molecule has 4 nitrogen and oxygen atoms in total. The zero-order chi connectivity index (χ0) is 15.1. The Hall–Kier alpha value is -3.14. The highest BCUT2D eigenvalue weighted by Gasteiger charge is 2.13. The van der Waals surface area contributed by atoms with Crippen LogP contribution < -0.4 is 11.2 Å². The minimum absolute atomic E-state index is 0.186. The molecule has 0 N–H and O–H groups in total. The number of benzene rings is 2. The molecule has 0 bridgehead atoms. The highest BCUT2D eigenvalue weighted by Crippen LogP contribution is 2.23. The van der Waals surface area contributed by atoms with Gasteiger partial charge in [0.1, 0.15) is 5.58 Å². The van der Waals surface area contributed by atoms with Crippen LogP contribution in [0.5, 0.6) is 0 Å². The molecule has 0 aliphatic heterocycles. The number of rotatable bonds is 1. The molecule has 0 aliphatic rings. The molecule has 0 saturated carbocycles. The van der Waals surface area contributed by atoms with Gasteiger partial charge < -0.3 is 4.42 Å². The molecule has 2 aromatic heterocycles. The van der Waals surface area contributed by atoms with Crippen molar-refractivity contribution < 1.29 is 4.42 Å². The van der Waals surface area contributed by atoms with Gasteiger partial charge in [-0.15, -0.1) is 0 Å².